The van der Waals surface area contributed by atoms with E-state index in [1.807, 2.05) is 30.3 Å². The molecule has 2 aliphatic rings. The zero-order valence-corrected chi connectivity index (χ0v) is 20.2. The Balaban J connectivity index is 1.50. The molecule has 1 aromatic heterocycles. The molecule has 1 saturated carbocycles. The van der Waals surface area contributed by atoms with Crippen molar-refractivity contribution in [2.45, 2.75) is 76.5 Å². The van der Waals surface area contributed by atoms with Crippen LogP contribution in [-0.4, -0.2) is 53.1 Å². The highest BCUT2D eigenvalue weighted by atomic mass is 16.5. The maximum Gasteiger partial charge on any atom is 0.247 e. The fourth-order valence-electron chi connectivity index (χ4n) is 4.81. The van der Waals surface area contributed by atoms with Gasteiger partial charge >= 0.3 is 0 Å². The van der Waals surface area contributed by atoms with Crippen LogP contribution in [0.25, 0.3) is 0 Å². The van der Waals surface area contributed by atoms with Crippen LogP contribution in [0.1, 0.15) is 68.7 Å². The average Bonchev–Trinajstić information content (AvgIpc) is 3.62. The van der Waals surface area contributed by atoms with E-state index in [4.69, 9.17) is 9.26 Å². The van der Waals surface area contributed by atoms with Crippen molar-refractivity contribution in [3.05, 3.63) is 47.7 Å². The summed E-state index contributed by atoms with van der Waals surface area (Å²) in [6, 6.07) is 10.3. The molecule has 1 aliphatic carbocycles. The lowest BCUT2D eigenvalue weighted by molar-refractivity contribution is -0.143. The lowest BCUT2D eigenvalue weighted by Crippen LogP contribution is -2.48. The standard InChI is InChI=1S/C26H34N4O5/c1-18-16-22(29-35-18)28-23(31)13-14-24(32)30(17-21-12-7-15-34-21)25(19-8-3-2-4-9-19)26(33)27-20-10-5-6-11-20/h2-4,8-9,16,20-21,25H,5-7,10-15,17H2,1H3,(H,27,33)(H,28,29,31)/t21-,25-/m1/s1. The van der Waals surface area contributed by atoms with E-state index in [2.05, 4.69) is 15.8 Å². The van der Waals surface area contributed by atoms with Crippen LogP contribution in [0.2, 0.25) is 0 Å². The largest absolute Gasteiger partial charge is 0.376 e. The molecule has 35 heavy (non-hydrogen) atoms. The van der Waals surface area contributed by atoms with Crippen LogP contribution in [0.15, 0.2) is 40.9 Å². The van der Waals surface area contributed by atoms with Crippen LogP contribution in [0.3, 0.4) is 0 Å². The molecule has 0 radical (unpaired) electrons. The Morgan fingerprint density at radius 1 is 1.09 bits per heavy atom. The molecule has 1 saturated heterocycles. The molecule has 3 amide bonds. The first-order valence-electron chi connectivity index (χ1n) is 12.5. The van der Waals surface area contributed by atoms with Gasteiger partial charge in [-0.05, 0) is 38.2 Å². The second kappa shape index (κ2) is 12.0. The number of hydrogen-bond donors (Lipinski definition) is 2. The quantitative estimate of drug-likeness (QED) is 0.536. The fourth-order valence-corrected chi connectivity index (χ4v) is 4.81. The summed E-state index contributed by atoms with van der Waals surface area (Å²) in [6.07, 6.45) is 5.67. The van der Waals surface area contributed by atoms with Gasteiger partial charge in [0.05, 0.1) is 6.10 Å². The third kappa shape index (κ3) is 6.91. The number of anilines is 1. The molecular formula is C26H34N4O5. The van der Waals surface area contributed by atoms with Crippen molar-refractivity contribution < 1.29 is 23.6 Å². The maximum atomic E-state index is 13.6. The van der Waals surface area contributed by atoms with E-state index >= 15 is 0 Å². The second-order valence-corrected chi connectivity index (χ2v) is 9.36. The van der Waals surface area contributed by atoms with Gasteiger partial charge in [0.15, 0.2) is 5.82 Å². The van der Waals surface area contributed by atoms with Gasteiger partial charge in [-0.15, -0.1) is 0 Å². The average molecular weight is 483 g/mol. The number of nitrogens with one attached hydrogen (secondary N) is 2. The number of nitrogens with zero attached hydrogens (tertiary/aromatic N) is 2. The lowest BCUT2D eigenvalue weighted by atomic mass is 10.0. The first kappa shape index (κ1) is 24.9. The van der Waals surface area contributed by atoms with Crippen molar-refractivity contribution >= 4 is 23.5 Å². The van der Waals surface area contributed by atoms with Gasteiger partial charge in [-0.3, -0.25) is 14.4 Å². The van der Waals surface area contributed by atoms with Crippen LogP contribution in [0.5, 0.6) is 0 Å². The molecule has 2 atom stereocenters. The van der Waals surface area contributed by atoms with Gasteiger partial charge < -0.3 is 24.8 Å². The molecule has 2 heterocycles. The van der Waals surface area contributed by atoms with E-state index in [0.717, 1.165) is 44.1 Å². The Labute approximate surface area is 205 Å². The summed E-state index contributed by atoms with van der Waals surface area (Å²) in [5.41, 5.74) is 0.747. The molecule has 0 spiro atoms. The van der Waals surface area contributed by atoms with Crippen LogP contribution in [0.4, 0.5) is 5.82 Å². The highest BCUT2D eigenvalue weighted by Crippen LogP contribution is 2.27. The van der Waals surface area contributed by atoms with Gasteiger partial charge in [-0.25, -0.2) is 0 Å². The van der Waals surface area contributed by atoms with E-state index in [-0.39, 0.29) is 42.7 Å². The fraction of sp³-hybridized carbons (Fsp3) is 0.538. The summed E-state index contributed by atoms with van der Waals surface area (Å²) in [6.45, 7) is 2.69. The Morgan fingerprint density at radius 2 is 1.86 bits per heavy atom. The van der Waals surface area contributed by atoms with Crippen molar-refractivity contribution in [2.75, 3.05) is 18.5 Å². The molecular weight excluding hydrogens is 448 g/mol. The SMILES string of the molecule is Cc1cc(NC(=O)CCC(=O)N(C[C@H]2CCCO2)[C@@H](C(=O)NC2CCCC2)c2ccccc2)no1. The monoisotopic (exact) mass is 482 g/mol. The summed E-state index contributed by atoms with van der Waals surface area (Å²) >= 11 is 0. The zero-order chi connectivity index (χ0) is 24.6. The molecule has 9 nitrogen and oxygen atoms in total. The molecule has 0 bridgehead atoms. The van der Waals surface area contributed by atoms with Crippen LogP contribution < -0.4 is 10.6 Å². The summed E-state index contributed by atoms with van der Waals surface area (Å²) in [4.78, 5) is 41.1. The molecule has 188 valence electrons. The minimum Gasteiger partial charge on any atom is -0.376 e. The molecule has 9 heteroatoms. The number of carbonyl (C=O) groups is 3. The van der Waals surface area contributed by atoms with Crippen molar-refractivity contribution in [2.24, 2.45) is 0 Å². The number of ether oxygens (including phenoxy) is 1. The predicted octanol–water partition coefficient (Wildman–Crippen LogP) is 3.51. The number of rotatable bonds is 10. The minimum absolute atomic E-state index is 0.0292. The topological polar surface area (TPSA) is 114 Å². The molecule has 2 fully saturated rings. The molecule has 2 N–H and O–H groups in total. The van der Waals surface area contributed by atoms with Gasteiger partial charge in [-0.1, -0.05) is 48.3 Å². The Bertz CT molecular complexity index is 996. The molecule has 1 aliphatic heterocycles. The van der Waals surface area contributed by atoms with Crippen LogP contribution >= 0.6 is 0 Å². The number of amides is 3. The van der Waals surface area contributed by atoms with Crippen molar-refractivity contribution in [1.29, 1.82) is 0 Å². The highest BCUT2D eigenvalue weighted by Gasteiger charge is 2.35. The Hall–Kier alpha value is -3.20. The van der Waals surface area contributed by atoms with Crippen LogP contribution in [0, 0.1) is 6.92 Å². The molecule has 4 rings (SSSR count). The number of hydrogen-bond acceptors (Lipinski definition) is 6. The Morgan fingerprint density at radius 3 is 2.51 bits per heavy atom. The van der Waals surface area contributed by atoms with E-state index in [9.17, 15) is 14.4 Å². The first-order valence-corrected chi connectivity index (χ1v) is 12.5. The number of aromatic nitrogens is 1. The van der Waals surface area contributed by atoms with Crippen molar-refractivity contribution in [1.82, 2.24) is 15.4 Å². The smallest absolute Gasteiger partial charge is 0.247 e. The lowest BCUT2D eigenvalue weighted by Gasteiger charge is -2.34. The third-order valence-corrected chi connectivity index (χ3v) is 6.58. The first-order chi connectivity index (χ1) is 17.0. The van der Waals surface area contributed by atoms with Crippen LogP contribution in [-0.2, 0) is 19.1 Å². The van der Waals surface area contributed by atoms with E-state index in [1.165, 1.54) is 0 Å². The molecule has 1 aromatic carbocycles. The summed E-state index contributed by atoms with van der Waals surface area (Å²) in [5.74, 6) is 0.113. The van der Waals surface area contributed by atoms with E-state index in [0.29, 0.717) is 24.7 Å². The summed E-state index contributed by atoms with van der Waals surface area (Å²) in [5, 5.41) is 9.56. The zero-order valence-electron chi connectivity index (χ0n) is 20.2. The number of carbonyl (C=O) groups excluding carboxylic acids is 3. The normalized spacial score (nSPS) is 18.8. The van der Waals surface area contributed by atoms with Gasteiger partial charge in [0.2, 0.25) is 17.7 Å². The van der Waals surface area contributed by atoms with E-state index < -0.39 is 6.04 Å². The Kier molecular flexibility index (Phi) is 8.52. The van der Waals surface area contributed by atoms with Gasteiger partial charge in [0.1, 0.15) is 11.8 Å². The van der Waals surface area contributed by atoms with Crippen molar-refractivity contribution in [3.8, 4) is 0 Å². The summed E-state index contributed by atoms with van der Waals surface area (Å²) < 4.78 is 10.8. The van der Waals surface area contributed by atoms with Crippen molar-refractivity contribution in [3.63, 3.8) is 0 Å². The second-order valence-electron chi connectivity index (χ2n) is 9.36. The highest BCUT2D eigenvalue weighted by molar-refractivity contribution is 5.94. The van der Waals surface area contributed by atoms with E-state index in [1.54, 1.807) is 17.9 Å². The third-order valence-electron chi connectivity index (χ3n) is 6.58. The molecule has 0 unspecified atom stereocenters. The van der Waals surface area contributed by atoms with Gasteiger partial charge in [-0.2, -0.15) is 0 Å². The number of aryl methyl sites for hydroxylation is 1. The molecule has 2 aromatic rings. The predicted molar refractivity (Wildman–Crippen MR) is 129 cm³/mol. The minimum atomic E-state index is -0.783. The van der Waals surface area contributed by atoms with Gasteiger partial charge in [0, 0.05) is 38.1 Å². The number of benzene rings is 1. The van der Waals surface area contributed by atoms with Gasteiger partial charge in [0.25, 0.3) is 0 Å². The maximum absolute atomic E-state index is 13.6. The summed E-state index contributed by atoms with van der Waals surface area (Å²) in [7, 11) is 0.